The fourth-order valence-corrected chi connectivity index (χ4v) is 2.70. The summed E-state index contributed by atoms with van der Waals surface area (Å²) in [4.78, 5) is 12.4. The summed E-state index contributed by atoms with van der Waals surface area (Å²) < 4.78 is 21.7. The zero-order chi connectivity index (χ0) is 18.8. The molecule has 0 bridgehead atoms. The number of rotatable bonds is 5. The van der Waals surface area contributed by atoms with Gasteiger partial charge in [-0.1, -0.05) is 6.07 Å². The highest BCUT2D eigenvalue weighted by Gasteiger charge is 2.16. The van der Waals surface area contributed by atoms with E-state index in [9.17, 15) is 4.79 Å². The molecule has 0 unspecified atom stereocenters. The van der Waals surface area contributed by atoms with Crippen LogP contribution in [0.3, 0.4) is 0 Å². The first kappa shape index (κ1) is 16.8. The molecule has 0 spiro atoms. The van der Waals surface area contributed by atoms with Crippen molar-refractivity contribution in [3.8, 4) is 34.4 Å². The first-order valence-corrected chi connectivity index (χ1v) is 8.37. The van der Waals surface area contributed by atoms with E-state index in [2.05, 4.69) is 10.2 Å². The lowest BCUT2D eigenvalue weighted by atomic mass is 10.2. The Kier molecular flexibility index (Phi) is 4.33. The standard InChI is InChI=1S/C20H16N2O5/c1-3-25-15-8-7-12-10-16(20(23)26-17(12)11-15)19-22-21-18(27-19)13-5-4-6-14(9-13)24-2/h4-11H,3H2,1-2H3. The molecule has 0 atom stereocenters. The molecule has 2 aromatic heterocycles. The molecule has 4 aromatic rings. The second-order valence-electron chi connectivity index (χ2n) is 5.72. The second kappa shape index (κ2) is 6.95. The molecule has 136 valence electrons. The summed E-state index contributed by atoms with van der Waals surface area (Å²) in [7, 11) is 1.58. The van der Waals surface area contributed by atoms with Crippen LogP contribution in [0, 0.1) is 0 Å². The average Bonchev–Trinajstić information content (AvgIpc) is 3.17. The Morgan fingerprint density at radius 3 is 2.63 bits per heavy atom. The maximum absolute atomic E-state index is 12.4. The van der Waals surface area contributed by atoms with Gasteiger partial charge in [-0.05, 0) is 43.3 Å². The van der Waals surface area contributed by atoms with Crippen molar-refractivity contribution >= 4 is 11.0 Å². The molecular weight excluding hydrogens is 348 g/mol. The van der Waals surface area contributed by atoms with Gasteiger partial charge in [-0.25, -0.2) is 4.79 Å². The molecule has 0 saturated carbocycles. The Balaban J connectivity index is 1.74. The lowest BCUT2D eigenvalue weighted by Crippen LogP contribution is -2.03. The van der Waals surface area contributed by atoms with Crippen molar-refractivity contribution < 1.29 is 18.3 Å². The molecule has 0 radical (unpaired) electrons. The summed E-state index contributed by atoms with van der Waals surface area (Å²) in [6.45, 7) is 2.42. The minimum atomic E-state index is -0.558. The fourth-order valence-electron chi connectivity index (χ4n) is 2.70. The van der Waals surface area contributed by atoms with Gasteiger partial charge in [-0.2, -0.15) is 0 Å². The van der Waals surface area contributed by atoms with Gasteiger partial charge >= 0.3 is 5.63 Å². The number of methoxy groups -OCH3 is 1. The monoisotopic (exact) mass is 364 g/mol. The van der Waals surface area contributed by atoms with Crippen LogP contribution >= 0.6 is 0 Å². The first-order valence-electron chi connectivity index (χ1n) is 8.37. The molecule has 0 aliphatic heterocycles. The number of aromatic nitrogens is 2. The molecular formula is C20H16N2O5. The Hall–Kier alpha value is -3.61. The van der Waals surface area contributed by atoms with Crippen molar-refractivity contribution in [3.05, 3.63) is 59.0 Å². The largest absolute Gasteiger partial charge is 0.497 e. The zero-order valence-electron chi connectivity index (χ0n) is 14.8. The predicted octanol–water partition coefficient (Wildman–Crippen LogP) is 3.92. The van der Waals surface area contributed by atoms with Gasteiger partial charge in [-0.15, -0.1) is 10.2 Å². The number of hydrogen-bond donors (Lipinski definition) is 0. The van der Waals surface area contributed by atoms with Crippen molar-refractivity contribution in [3.63, 3.8) is 0 Å². The fraction of sp³-hybridized carbons (Fsp3) is 0.150. The van der Waals surface area contributed by atoms with E-state index < -0.39 is 5.63 Å². The number of benzene rings is 2. The average molecular weight is 364 g/mol. The normalized spacial score (nSPS) is 10.9. The maximum Gasteiger partial charge on any atom is 0.349 e. The molecule has 4 rings (SSSR count). The number of ether oxygens (including phenoxy) is 2. The molecule has 2 heterocycles. The second-order valence-corrected chi connectivity index (χ2v) is 5.72. The third-order valence-corrected chi connectivity index (χ3v) is 3.99. The van der Waals surface area contributed by atoms with Gasteiger partial charge in [0, 0.05) is 17.0 Å². The van der Waals surface area contributed by atoms with Gasteiger partial charge in [0.25, 0.3) is 5.89 Å². The highest BCUT2D eigenvalue weighted by molar-refractivity contribution is 5.81. The SMILES string of the molecule is CCOc1ccc2cc(-c3nnc(-c4cccc(OC)c4)o3)c(=O)oc2c1. The summed E-state index contributed by atoms with van der Waals surface area (Å²) in [6, 6.07) is 14.2. The Bertz CT molecular complexity index is 1160. The van der Waals surface area contributed by atoms with Crippen molar-refractivity contribution in [1.82, 2.24) is 10.2 Å². The molecule has 7 heteroatoms. The third-order valence-electron chi connectivity index (χ3n) is 3.99. The molecule has 7 nitrogen and oxygen atoms in total. The van der Waals surface area contributed by atoms with Crippen LogP contribution in [0.2, 0.25) is 0 Å². The van der Waals surface area contributed by atoms with Crippen LogP contribution in [-0.4, -0.2) is 23.9 Å². The van der Waals surface area contributed by atoms with Crippen molar-refractivity contribution in [1.29, 1.82) is 0 Å². The number of fused-ring (bicyclic) bond motifs is 1. The number of hydrogen-bond acceptors (Lipinski definition) is 7. The van der Waals surface area contributed by atoms with Crippen molar-refractivity contribution in [2.24, 2.45) is 0 Å². The summed E-state index contributed by atoms with van der Waals surface area (Å²) in [6.07, 6.45) is 0. The molecule has 2 aromatic carbocycles. The van der Waals surface area contributed by atoms with E-state index in [-0.39, 0.29) is 17.3 Å². The minimum absolute atomic E-state index is 0.0948. The third kappa shape index (κ3) is 3.27. The van der Waals surface area contributed by atoms with Crippen LogP contribution in [0.15, 0.2) is 62.2 Å². The van der Waals surface area contributed by atoms with Crippen molar-refractivity contribution in [2.45, 2.75) is 6.92 Å². The first-order chi connectivity index (χ1) is 13.2. The summed E-state index contributed by atoms with van der Waals surface area (Å²) in [5, 5.41) is 8.75. The molecule has 0 aliphatic rings. The zero-order valence-corrected chi connectivity index (χ0v) is 14.8. The van der Waals surface area contributed by atoms with Gasteiger partial charge in [0.15, 0.2) is 0 Å². The van der Waals surface area contributed by atoms with E-state index in [1.807, 2.05) is 37.3 Å². The Morgan fingerprint density at radius 2 is 1.81 bits per heavy atom. The van der Waals surface area contributed by atoms with Gasteiger partial charge < -0.3 is 18.3 Å². The maximum atomic E-state index is 12.4. The van der Waals surface area contributed by atoms with E-state index in [1.165, 1.54) is 0 Å². The lowest BCUT2D eigenvalue weighted by Gasteiger charge is -2.04. The van der Waals surface area contributed by atoms with Gasteiger partial charge in [0.2, 0.25) is 5.89 Å². The summed E-state index contributed by atoms with van der Waals surface area (Å²) >= 11 is 0. The number of nitrogens with zero attached hydrogens (tertiary/aromatic N) is 2. The van der Waals surface area contributed by atoms with Gasteiger partial charge in [-0.3, -0.25) is 0 Å². The van der Waals surface area contributed by atoms with Crippen LogP contribution in [-0.2, 0) is 0 Å². The smallest absolute Gasteiger partial charge is 0.349 e. The molecule has 0 amide bonds. The summed E-state index contributed by atoms with van der Waals surface area (Å²) in [5.41, 5.74) is 0.771. The molecule has 27 heavy (non-hydrogen) atoms. The van der Waals surface area contributed by atoms with Crippen molar-refractivity contribution in [2.75, 3.05) is 13.7 Å². The van der Waals surface area contributed by atoms with E-state index in [1.54, 1.807) is 25.3 Å². The molecule has 0 fully saturated rings. The highest BCUT2D eigenvalue weighted by Crippen LogP contribution is 2.27. The van der Waals surface area contributed by atoms with Crippen LogP contribution in [0.5, 0.6) is 11.5 Å². The predicted molar refractivity (Wildman–Crippen MR) is 98.9 cm³/mol. The van der Waals surface area contributed by atoms with Crippen LogP contribution in [0.25, 0.3) is 33.9 Å². The topological polar surface area (TPSA) is 87.6 Å². The van der Waals surface area contributed by atoms with E-state index in [0.717, 1.165) is 5.39 Å². The van der Waals surface area contributed by atoms with E-state index >= 15 is 0 Å². The Morgan fingerprint density at radius 1 is 0.963 bits per heavy atom. The van der Waals surface area contributed by atoms with Crippen LogP contribution in [0.4, 0.5) is 0 Å². The van der Waals surface area contributed by atoms with E-state index in [4.69, 9.17) is 18.3 Å². The van der Waals surface area contributed by atoms with E-state index in [0.29, 0.717) is 29.3 Å². The summed E-state index contributed by atoms with van der Waals surface area (Å²) in [5.74, 6) is 1.69. The van der Waals surface area contributed by atoms with Gasteiger partial charge in [0.1, 0.15) is 22.6 Å². The molecule has 0 saturated heterocycles. The van der Waals surface area contributed by atoms with Crippen LogP contribution in [0.1, 0.15) is 6.92 Å². The van der Waals surface area contributed by atoms with Crippen LogP contribution < -0.4 is 15.1 Å². The Labute approximate surface area is 154 Å². The lowest BCUT2D eigenvalue weighted by molar-refractivity contribution is 0.340. The molecule has 0 aliphatic carbocycles. The quantitative estimate of drug-likeness (QED) is 0.496. The molecule has 0 N–H and O–H groups in total. The van der Waals surface area contributed by atoms with Gasteiger partial charge in [0.05, 0.1) is 13.7 Å². The highest BCUT2D eigenvalue weighted by atomic mass is 16.5. The minimum Gasteiger partial charge on any atom is -0.497 e.